The van der Waals surface area contributed by atoms with Gasteiger partial charge in [0.05, 0.1) is 0 Å². The van der Waals surface area contributed by atoms with Crippen LogP contribution in [0.2, 0.25) is 0 Å². The molecule has 1 atom stereocenters. The maximum atomic E-state index is 5.88. The van der Waals surface area contributed by atoms with Crippen LogP contribution in [-0.4, -0.2) is 6.04 Å². The number of nitrogens with one attached hydrogen (secondary N) is 1. The molecule has 1 aromatic heterocycles. The predicted molar refractivity (Wildman–Crippen MR) is 79.5 cm³/mol. The number of hydrogen-bond acceptors (Lipinski definition) is 3. The number of hydrazine groups is 1. The van der Waals surface area contributed by atoms with Gasteiger partial charge in [-0.1, -0.05) is 32.8 Å². The van der Waals surface area contributed by atoms with Crippen LogP contribution in [0.4, 0.5) is 0 Å². The van der Waals surface area contributed by atoms with Crippen LogP contribution >= 0.6 is 11.3 Å². The van der Waals surface area contributed by atoms with Crippen molar-refractivity contribution in [3.05, 3.63) is 22.4 Å². The van der Waals surface area contributed by atoms with Crippen molar-refractivity contribution in [1.82, 2.24) is 5.43 Å². The Morgan fingerprint density at radius 1 is 1.39 bits per heavy atom. The van der Waals surface area contributed by atoms with Gasteiger partial charge in [-0.3, -0.25) is 11.3 Å². The molecule has 0 bridgehead atoms. The van der Waals surface area contributed by atoms with Crippen molar-refractivity contribution in [2.75, 3.05) is 0 Å². The number of thiophene rings is 1. The van der Waals surface area contributed by atoms with Crippen LogP contribution in [0.5, 0.6) is 0 Å². The van der Waals surface area contributed by atoms with Gasteiger partial charge in [-0.15, -0.1) is 11.3 Å². The quantitative estimate of drug-likeness (QED) is 0.608. The average Bonchev–Trinajstić information content (AvgIpc) is 2.96. The largest absolute Gasteiger partial charge is 0.271 e. The minimum Gasteiger partial charge on any atom is -0.271 e. The third-order valence-corrected chi connectivity index (χ3v) is 5.24. The Labute approximate surface area is 115 Å². The van der Waals surface area contributed by atoms with E-state index in [1.54, 1.807) is 0 Å². The lowest BCUT2D eigenvalue weighted by molar-refractivity contribution is 0.155. The molecule has 1 aliphatic carbocycles. The lowest BCUT2D eigenvalue weighted by Gasteiger charge is -2.38. The van der Waals surface area contributed by atoms with Gasteiger partial charge < -0.3 is 0 Å². The Morgan fingerprint density at radius 3 is 2.61 bits per heavy atom. The van der Waals surface area contributed by atoms with Crippen molar-refractivity contribution < 1.29 is 0 Å². The summed E-state index contributed by atoms with van der Waals surface area (Å²) in [5, 5.41) is 2.16. The molecule has 102 valence electrons. The molecule has 1 saturated carbocycles. The van der Waals surface area contributed by atoms with Crippen LogP contribution in [0.3, 0.4) is 0 Å². The average molecular weight is 266 g/mol. The van der Waals surface area contributed by atoms with Crippen molar-refractivity contribution in [2.24, 2.45) is 17.2 Å². The lowest BCUT2D eigenvalue weighted by atomic mass is 9.71. The smallest absolute Gasteiger partial charge is 0.0315 e. The van der Waals surface area contributed by atoms with E-state index in [-0.39, 0.29) is 0 Å². The highest BCUT2D eigenvalue weighted by atomic mass is 32.1. The molecule has 0 aromatic carbocycles. The zero-order valence-electron chi connectivity index (χ0n) is 11.6. The third kappa shape index (κ3) is 3.14. The van der Waals surface area contributed by atoms with Crippen molar-refractivity contribution >= 4 is 11.3 Å². The minimum atomic E-state index is 0.424. The van der Waals surface area contributed by atoms with Crippen molar-refractivity contribution in [2.45, 2.75) is 58.4 Å². The molecule has 0 amide bonds. The monoisotopic (exact) mass is 266 g/mol. The molecule has 1 aliphatic rings. The molecule has 3 heteroatoms. The maximum Gasteiger partial charge on any atom is 0.0315 e. The normalized spacial score (nSPS) is 20.4. The summed E-state index contributed by atoms with van der Waals surface area (Å²) in [5.74, 6) is 6.64. The summed E-state index contributed by atoms with van der Waals surface area (Å²) < 4.78 is 0. The highest BCUT2D eigenvalue weighted by Crippen LogP contribution is 2.46. The van der Waals surface area contributed by atoms with Crippen LogP contribution < -0.4 is 11.3 Å². The molecule has 1 fully saturated rings. The fraction of sp³-hybridized carbons (Fsp3) is 0.733. The van der Waals surface area contributed by atoms with Crippen LogP contribution in [0.1, 0.15) is 50.8 Å². The van der Waals surface area contributed by atoms with E-state index in [0.29, 0.717) is 11.5 Å². The van der Waals surface area contributed by atoms with E-state index in [1.165, 1.54) is 37.0 Å². The van der Waals surface area contributed by atoms with E-state index in [4.69, 9.17) is 5.84 Å². The van der Waals surface area contributed by atoms with Gasteiger partial charge in [0.25, 0.3) is 0 Å². The summed E-state index contributed by atoms with van der Waals surface area (Å²) in [5.41, 5.74) is 3.56. The van der Waals surface area contributed by atoms with Gasteiger partial charge in [0.15, 0.2) is 0 Å². The first-order valence-corrected chi connectivity index (χ1v) is 8.03. The van der Waals surface area contributed by atoms with Gasteiger partial charge in [-0.25, -0.2) is 0 Å². The Bertz CT molecular complexity index is 339. The SMILES string of the molecule is CC(C)CC1(C(Cc2cccs2)NN)CCCC1. The van der Waals surface area contributed by atoms with Gasteiger partial charge in [-0.2, -0.15) is 0 Å². The number of rotatable bonds is 6. The minimum absolute atomic E-state index is 0.424. The molecule has 0 radical (unpaired) electrons. The van der Waals surface area contributed by atoms with Gasteiger partial charge in [0.1, 0.15) is 0 Å². The molecule has 18 heavy (non-hydrogen) atoms. The second-order valence-corrected chi connectivity index (χ2v) is 7.20. The standard InChI is InChI=1S/C15H26N2S/c1-12(2)11-15(7-3-4-8-15)14(17-16)10-13-6-5-9-18-13/h5-6,9,12,14,17H,3-4,7-8,10-11,16H2,1-2H3. The highest BCUT2D eigenvalue weighted by Gasteiger charge is 2.41. The summed E-state index contributed by atoms with van der Waals surface area (Å²) >= 11 is 1.85. The molecule has 1 aromatic rings. The third-order valence-electron chi connectivity index (χ3n) is 4.34. The first kappa shape index (κ1) is 14.0. The molecular formula is C15H26N2S. The van der Waals surface area contributed by atoms with Crippen molar-refractivity contribution in [3.8, 4) is 0 Å². The van der Waals surface area contributed by atoms with E-state index < -0.39 is 0 Å². The van der Waals surface area contributed by atoms with Gasteiger partial charge >= 0.3 is 0 Å². The van der Waals surface area contributed by atoms with E-state index in [1.807, 2.05) is 11.3 Å². The summed E-state index contributed by atoms with van der Waals surface area (Å²) in [4.78, 5) is 1.45. The lowest BCUT2D eigenvalue weighted by Crippen LogP contribution is -2.49. The van der Waals surface area contributed by atoms with Crippen LogP contribution in [0.25, 0.3) is 0 Å². The molecule has 0 aliphatic heterocycles. The number of nitrogens with two attached hydrogens (primary N) is 1. The Balaban J connectivity index is 2.11. The van der Waals surface area contributed by atoms with E-state index >= 15 is 0 Å². The first-order valence-electron chi connectivity index (χ1n) is 7.15. The second kappa shape index (κ2) is 6.18. The van der Waals surface area contributed by atoms with Crippen LogP contribution in [-0.2, 0) is 6.42 Å². The molecule has 0 saturated heterocycles. The van der Waals surface area contributed by atoms with Gasteiger partial charge in [0, 0.05) is 10.9 Å². The fourth-order valence-corrected chi connectivity index (χ4v) is 4.42. The van der Waals surface area contributed by atoms with Crippen LogP contribution in [0.15, 0.2) is 17.5 Å². The van der Waals surface area contributed by atoms with Gasteiger partial charge in [-0.05, 0) is 48.5 Å². The molecule has 2 nitrogen and oxygen atoms in total. The fourth-order valence-electron chi connectivity index (χ4n) is 3.67. The predicted octanol–water partition coefficient (Wildman–Crippen LogP) is 3.73. The molecule has 2 rings (SSSR count). The molecule has 1 heterocycles. The Kier molecular flexibility index (Phi) is 4.82. The zero-order chi connectivity index (χ0) is 13.0. The highest BCUT2D eigenvalue weighted by molar-refractivity contribution is 7.09. The molecule has 1 unspecified atom stereocenters. The second-order valence-electron chi connectivity index (χ2n) is 6.17. The Morgan fingerprint density at radius 2 is 2.11 bits per heavy atom. The first-order chi connectivity index (χ1) is 8.66. The molecular weight excluding hydrogens is 240 g/mol. The number of hydrogen-bond donors (Lipinski definition) is 2. The van der Waals surface area contributed by atoms with Gasteiger partial charge in [0.2, 0.25) is 0 Å². The van der Waals surface area contributed by atoms with E-state index in [2.05, 4.69) is 36.8 Å². The Hall–Kier alpha value is -0.380. The van der Waals surface area contributed by atoms with Crippen LogP contribution in [0, 0.1) is 11.3 Å². The zero-order valence-corrected chi connectivity index (χ0v) is 12.4. The van der Waals surface area contributed by atoms with E-state index in [0.717, 1.165) is 12.3 Å². The van der Waals surface area contributed by atoms with Crippen molar-refractivity contribution in [3.63, 3.8) is 0 Å². The summed E-state index contributed by atoms with van der Waals surface area (Å²) in [6.45, 7) is 4.66. The summed E-state index contributed by atoms with van der Waals surface area (Å²) in [7, 11) is 0. The molecule has 3 N–H and O–H groups in total. The summed E-state index contributed by atoms with van der Waals surface area (Å²) in [6, 6.07) is 4.80. The maximum absolute atomic E-state index is 5.88. The van der Waals surface area contributed by atoms with Crippen molar-refractivity contribution in [1.29, 1.82) is 0 Å². The van der Waals surface area contributed by atoms with E-state index in [9.17, 15) is 0 Å². The molecule has 0 spiro atoms. The topological polar surface area (TPSA) is 38.0 Å². The summed E-state index contributed by atoms with van der Waals surface area (Å²) in [6.07, 6.45) is 7.80.